The highest BCUT2D eigenvalue weighted by molar-refractivity contribution is 7.99. The Morgan fingerprint density at radius 3 is 2.86 bits per heavy atom. The Morgan fingerprint density at radius 2 is 2.18 bits per heavy atom. The van der Waals surface area contributed by atoms with Crippen molar-refractivity contribution in [1.82, 2.24) is 9.55 Å². The normalized spacial score (nSPS) is 10.5. The summed E-state index contributed by atoms with van der Waals surface area (Å²) in [6, 6.07) is 7.41. The summed E-state index contributed by atoms with van der Waals surface area (Å²) in [4.78, 5) is 16.6. The van der Waals surface area contributed by atoms with Crippen LogP contribution in [0.2, 0.25) is 0 Å². The van der Waals surface area contributed by atoms with Crippen molar-refractivity contribution in [3.05, 3.63) is 46.9 Å². The molecule has 2 heterocycles. The Bertz CT molecular complexity index is 728. The van der Waals surface area contributed by atoms with Gasteiger partial charge in [-0.3, -0.25) is 4.79 Å². The molecule has 0 radical (unpaired) electrons. The van der Waals surface area contributed by atoms with Gasteiger partial charge < -0.3 is 4.57 Å². The van der Waals surface area contributed by atoms with Crippen LogP contribution in [0.5, 0.6) is 0 Å². The number of rotatable bonds is 6. The molecular formula is C17H19N3OS. The lowest BCUT2D eigenvalue weighted by atomic mass is 10.2. The van der Waals surface area contributed by atoms with Gasteiger partial charge in [-0.25, -0.2) is 4.98 Å². The van der Waals surface area contributed by atoms with E-state index in [1.165, 1.54) is 11.8 Å². The maximum absolute atomic E-state index is 12.4. The van der Waals surface area contributed by atoms with Gasteiger partial charge in [0.1, 0.15) is 0 Å². The number of hydrogen-bond acceptors (Lipinski definition) is 4. The molecule has 0 aliphatic heterocycles. The van der Waals surface area contributed by atoms with Gasteiger partial charge in [-0.05, 0) is 38.5 Å². The van der Waals surface area contributed by atoms with Gasteiger partial charge in [0.15, 0.2) is 5.78 Å². The van der Waals surface area contributed by atoms with Gasteiger partial charge in [-0.1, -0.05) is 18.7 Å². The molecule has 0 saturated heterocycles. The molecule has 0 unspecified atom stereocenters. The Labute approximate surface area is 135 Å². The average molecular weight is 313 g/mol. The largest absolute Gasteiger partial charge is 0.348 e. The maximum Gasteiger partial charge on any atom is 0.174 e. The minimum Gasteiger partial charge on any atom is -0.348 e. The Hall–Kier alpha value is -2.06. The van der Waals surface area contributed by atoms with Crippen LogP contribution in [0.15, 0.2) is 29.4 Å². The van der Waals surface area contributed by atoms with Crippen molar-refractivity contribution in [3.8, 4) is 6.07 Å². The van der Waals surface area contributed by atoms with Crippen LogP contribution in [-0.2, 0) is 6.54 Å². The second-order valence-electron chi connectivity index (χ2n) is 5.14. The van der Waals surface area contributed by atoms with E-state index in [0.717, 1.165) is 29.9 Å². The molecule has 0 fully saturated rings. The second-order valence-corrected chi connectivity index (χ2v) is 6.14. The number of Topliss-reactive ketones (excluding diaryl/α,β-unsaturated/α-hetero) is 1. The zero-order chi connectivity index (χ0) is 16.1. The first kappa shape index (κ1) is 16.3. The van der Waals surface area contributed by atoms with E-state index < -0.39 is 0 Å². The minimum atomic E-state index is 0.101. The number of nitriles is 1. The van der Waals surface area contributed by atoms with Gasteiger partial charge in [-0.2, -0.15) is 5.26 Å². The van der Waals surface area contributed by atoms with Crippen molar-refractivity contribution < 1.29 is 4.79 Å². The van der Waals surface area contributed by atoms with Crippen molar-refractivity contribution in [1.29, 1.82) is 5.26 Å². The van der Waals surface area contributed by atoms with Gasteiger partial charge in [0.25, 0.3) is 0 Å². The molecule has 0 aliphatic rings. The van der Waals surface area contributed by atoms with Crippen LogP contribution in [0.4, 0.5) is 0 Å². The lowest BCUT2D eigenvalue weighted by Gasteiger charge is -2.07. The highest BCUT2D eigenvalue weighted by Gasteiger charge is 2.15. The first-order valence-electron chi connectivity index (χ1n) is 7.25. The molecule has 0 N–H and O–H groups in total. The van der Waals surface area contributed by atoms with Gasteiger partial charge in [0.05, 0.1) is 22.4 Å². The fraction of sp³-hybridized carbons (Fsp3) is 0.353. The lowest BCUT2D eigenvalue weighted by Crippen LogP contribution is -2.06. The SMILES string of the molecule is CCCn1c(C)cc(C(=O)CSc2cc(C#N)ccn2)c1C. The molecule has 2 aromatic rings. The number of thioether (sulfide) groups is 1. The number of aryl methyl sites for hydroxylation is 1. The second kappa shape index (κ2) is 7.28. The zero-order valence-electron chi connectivity index (χ0n) is 13.1. The van der Waals surface area contributed by atoms with Gasteiger partial charge >= 0.3 is 0 Å². The maximum atomic E-state index is 12.4. The number of hydrogen-bond donors (Lipinski definition) is 0. The molecule has 0 amide bonds. The highest BCUT2D eigenvalue weighted by Crippen LogP contribution is 2.21. The monoisotopic (exact) mass is 313 g/mol. The summed E-state index contributed by atoms with van der Waals surface area (Å²) in [5.41, 5.74) is 3.50. The molecule has 0 spiro atoms. The Balaban J connectivity index is 2.09. The minimum absolute atomic E-state index is 0.101. The summed E-state index contributed by atoms with van der Waals surface area (Å²) in [5.74, 6) is 0.433. The molecule has 0 saturated carbocycles. The van der Waals surface area contributed by atoms with Crippen LogP contribution in [0.25, 0.3) is 0 Å². The molecule has 0 atom stereocenters. The molecule has 2 aromatic heterocycles. The van der Waals surface area contributed by atoms with Crippen LogP contribution in [-0.4, -0.2) is 21.1 Å². The smallest absolute Gasteiger partial charge is 0.174 e. The lowest BCUT2D eigenvalue weighted by molar-refractivity contribution is 0.102. The molecule has 22 heavy (non-hydrogen) atoms. The topological polar surface area (TPSA) is 58.7 Å². The van der Waals surface area contributed by atoms with E-state index in [9.17, 15) is 4.79 Å². The Kier molecular flexibility index (Phi) is 5.40. The number of aromatic nitrogens is 2. The van der Waals surface area contributed by atoms with Crippen molar-refractivity contribution in [2.45, 2.75) is 38.8 Å². The number of nitrogens with zero attached hydrogens (tertiary/aromatic N) is 3. The van der Waals surface area contributed by atoms with E-state index in [4.69, 9.17) is 5.26 Å². The molecule has 0 aromatic carbocycles. The van der Waals surface area contributed by atoms with E-state index in [0.29, 0.717) is 16.3 Å². The first-order chi connectivity index (χ1) is 10.6. The van der Waals surface area contributed by atoms with Crippen molar-refractivity contribution >= 4 is 17.5 Å². The van der Waals surface area contributed by atoms with E-state index in [-0.39, 0.29) is 5.78 Å². The van der Waals surface area contributed by atoms with Gasteiger partial charge in [0.2, 0.25) is 0 Å². The average Bonchev–Trinajstić information content (AvgIpc) is 2.81. The third-order valence-corrected chi connectivity index (χ3v) is 4.46. The standard InChI is InChI=1S/C17H19N3OS/c1-4-7-20-12(2)8-15(13(20)3)16(21)11-22-17-9-14(10-18)5-6-19-17/h5-6,8-9H,4,7,11H2,1-3H3. The highest BCUT2D eigenvalue weighted by atomic mass is 32.2. The summed E-state index contributed by atoms with van der Waals surface area (Å²) in [6.45, 7) is 7.09. The third-order valence-electron chi connectivity index (χ3n) is 3.54. The molecule has 5 heteroatoms. The molecule has 0 bridgehead atoms. The summed E-state index contributed by atoms with van der Waals surface area (Å²) in [5, 5.41) is 9.58. The van der Waals surface area contributed by atoms with E-state index in [1.54, 1.807) is 18.3 Å². The predicted molar refractivity (Wildman–Crippen MR) is 88.2 cm³/mol. The number of carbonyl (C=O) groups excluding carboxylic acids is 1. The summed E-state index contributed by atoms with van der Waals surface area (Å²) in [7, 11) is 0. The quantitative estimate of drug-likeness (QED) is 0.602. The molecular weight excluding hydrogens is 294 g/mol. The van der Waals surface area contributed by atoms with Crippen LogP contribution >= 0.6 is 11.8 Å². The van der Waals surface area contributed by atoms with Crippen molar-refractivity contribution in [3.63, 3.8) is 0 Å². The summed E-state index contributed by atoms with van der Waals surface area (Å²) >= 11 is 1.37. The number of pyridine rings is 1. The number of carbonyl (C=O) groups is 1. The van der Waals surface area contributed by atoms with Crippen molar-refractivity contribution in [2.75, 3.05) is 5.75 Å². The fourth-order valence-electron chi connectivity index (χ4n) is 2.43. The van der Waals surface area contributed by atoms with Crippen LogP contribution in [0.1, 0.15) is 40.7 Å². The summed E-state index contributed by atoms with van der Waals surface area (Å²) < 4.78 is 2.19. The van der Waals surface area contributed by atoms with E-state index in [1.807, 2.05) is 19.9 Å². The van der Waals surface area contributed by atoms with Crippen LogP contribution in [0, 0.1) is 25.2 Å². The van der Waals surface area contributed by atoms with Crippen LogP contribution in [0.3, 0.4) is 0 Å². The number of ketones is 1. The van der Waals surface area contributed by atoms with E-state index >= 15 is 0 Å². The molecule has 114 valence electrons. The Morgan fingerprint density at radius 1 is 1.41 bits per heavy atom. The predicted octanol–water partition coefficient (Wildman–Crippen LogP) is 3.76. The molecule has 4 nitrogen and oxygen atoms in total. The van der Waals surface area contributed by atoms with Gasteiger partial charge in [-0.15, -0.1) is 0 Å². The van der Waals surface area contributed by atoms with Crippen molar-refractivity contribution in [2.24, 2.45) is 0 Å². The zero-order valence-corrected chi connectivity index (χ0v) is 13.9. The van der Waals surface area contributed by atoms with Gasteiger partial charge in [0, 0.05) is 29.7 Å². The first-order valence-corrected chi connectivity index (χ1v) is 8.24. The van der Waals surface area contributed by atoms with Crippen LogP contribution < -0.4 is 0 Å². The van der Waals surface area contributed by atoms with E-state index in [2.05, 4.69) is 22.5 Å². The molecule has 0 aliphatic carbocycles. The molecule has 2 rings (SSSR count). The fourth-order valence-corrected chi connectivity index (χ4v) is 3.21. The third kappa shape index (κ3) is 3.58. The summed E-state index contributed by atoms with van der Waals surface area (Å²) in [6.07, 6.45) is 2.64.